The fourth-order valence-corrected chi connectivity index (χ4v) is 3.85. The number of nitrogens with one attached hydrogen (secondary N) is 1. The number of carbonyl (C=O) groups excluding carboxylic acids is 1. The van der Waals surface area contributed by atoms with Crippen molar-refractivity contribution in [3.8, 4) is 0 Å². The second-order valence-electron chi connectivity index (χ2n) is 7.12. The lowest BCUT2D eigenvalue weighted by molar-refractivity contribution is 0.0335. The van der Waals surface area contributed by atoms with Gasteiger partial charge >= 0.3 is 0 Å². The van der Waals surface area contributed by atoms with Crippen LogP contribution in [0.3, 0.4) is 0 Å². The number of amides is 1. The second-order valence-corrected chi connectivity index (χ2v) is 7.12. The first-order valence-corrected chi connectivity index (χ1v) is 9.12. The van der Waals surface area contributed by atoms with Gasteiger partial charge in [-0.25, -0.2) is 8.78 Å². The summed E-state index contributed by atoms with van der Waals surface area (Å²) in [6, 6.07) is 4.57. The predicted octanol–water partition coefficient (Wildman–Crippen LogP) is 2.19. The number of rotatable bonds is 2. The Morgan fingerprint density at radius 2 is 2.03 bits per heavy atom. The van der Waals surface area contributed by atoms with Gasteiger partial charge in [-0.05, 0) is 29.7 Å². The first-order valence-electron chi connectivity index (χ1n) is 9.12. The maximum absolute atomic E-state index is 14.0. The van der Waals surface area contributed by atoms with Crippen molar-refractivity contribution in [2.24, 2.45) is 0 Å². The van der Waals surface area contributed by atoms with E-state index in [4.69, 9.17) is 4.74 Å². The molecule has 4 heterocycles. The quantitative estimate of drug-likeness (QED) is 0.546. The monoisotopic (exact) mass is 411 g/mol. The highest BCUT2D eigenvalue weighted by Crippen LogP contribution is 2.34. The van der Waals surface area contributed by atoms with Crippen LogP contribution in [0.5, 0.6) is 0 Å². The van der Waals surface area contributed by atoms with E-state index in [0.29, 0.717) is 22.5 Å². The average molecular weight is 411 g/mol. The molecule has 1 amide bonds. The molecule has 1 aromatic carbocycles. The number of nitrogens with zero attached hydrogens (tertiary/aromatic N) is 4. The predicted molar refractivity (Wildman–Crippen MR) is 102 cm³/mol. The molecule has 0 saturated carbocycles. The molecule has 152 valence electrons. The Kier molecular flexibility index (Phi) is 4.10. The van der Waals surface area contributed by atoms with E-state index in [0.717, 1.165) is 12.1 Å². The lowest BCUT2D eigenvalue weighted by Gasteiger charge is -2.33. The smallest absolute Gasteiger partial charge is 0.256 e. The van der Waals surface area contributed by atoms with Crippen LogP contribution in [0, 0.1) is 11.6 Å². The summed E-state index contributed by atoms with van der Waals surface area (Å²) < 4.78 is 34.9. The molecule has 3 aromatic heterocycles. The Labute approximate surface area is 167 Å². The van der Waals surface area contributed by atoms with Gasteiger partial charge in [0.15, 0.2) is 17.3 Å². The topological polar surface area (TPSA) is 92.6 Å². The van der Waals surface area contributed by atoms with Crippen LogP contribution in [0.1, 0.15) is 27.7 Å². The summed E-state index contributed by atoms with van der Waals surface area (Å²) >= 11 is 0. The van der Waals surface area contributed by atoms with Gasteiger partial charge in [0.1, 0.15) is 6.33 Å². The first kappa shape index (κ1) is 18.4. The van der Waals surface area contributed by atoms with Crippen molar-refractivity contribution < 1.29 is 18.3 Å². The number of aromatic nitrogens is 4. The van der Waals surface area contributed by atoms with Crippen molar-refractivity contribution in [1.29, 1.82) is 0 Å². The van der Waals surface area contributed by atoms with Gasteiger partial charge in [0, 0.05) is 24.5 Å². The molecular weight excluding hydrogens is 396 g/mol. The SMILES string of the molecule is CN(C(=O)c1ccc2nncn2c1)[C@H]1COCc2[nH]c(=O)c3cc(F)c(F)cc3c21. The fraction of sp³-hybridized carbons (Fsp3) is 0.200. The third-order valence-electron chi connectivity index (χ3n) is 5.37. The molecule has 0 unspecified atom stereocenters. The molecule has 1 aliphatic rings. The van der Waals surface area contributed by atoms with Crippen LogP contribution >= 0.6 is 0 Å². The van der Waals surface area contributed by atoms with Crippen LogP contribution < -0.4 is 5.56 Å². The van der Waals surface area contributed by atoms with E-state index in [2.05, 4.69) is 15.2 Å². The summed E-state index contributed by atoms with van der Waals surface area (Å²) in [6.07, 6.45) is 3.10. The summed E-state index contributed by atoms with van der Waals surface area (Å²) in [4.78, 5) is 29.6. The molecule has 30 heavy (non-hydrogen) atoms. The van der Waals surface area contributed by atoms with Gasteiger partial charge in [0.05, 0.1) is 30.2 Å². The standard InChI is InChI=1S/C20H15F2N5O3/c1-26(20(29)10-2-3-17-25-23-9-27(17)6-10)16-8-30-7-15-18(16)11-4-13(21)14(22)5-12(11)19(28)24-15/h2-6,9,16H,7-8H2,1H3,(H,24,28)/t16-/m0/s1. The summed E-state index contributed by atoms with van der Waals surface area (Å²) in [6.45, 7) is 0.245. The van der Waals surface area contributed by atoms with Gasteiger partial charge in [-0.2, -0.15) is 0 Å². The lowest BCUT2D eigenvalue weighted by Crippen LogP contribution is -2.37. The molecule has 5 rings (SSSR count). The minimum atomic E-state index is -1.11. The zero-order valence-electron chi connectivity index (χ0n) is 15.7. The molecule has 4 aromatic rings. The van der Waals surface area contributed by atoms with Crippen LogP contribution in [-0.4, -0.2) is 44.0 Å². The summed E-state index contributed by atoms with van der Waals surface area (Å²) in [5, 5.41) is 7.98. The maximum Gasteiger partial charge on any atom is 0.256 e. The largest absolute Gasteiger partial charge is 0.373 e. The Balaban J connectivity index is 1.62. The highest BCUT2D eigenvalue weighted by atomic mass is 19.2. The maximum atomic E-state index is 14.0. The van der Waals surface area contributed by atoms with E-state index < -0.39 is 23.2 Å². The van der Waals surface area contributed by atoms with E-state index in [1.807, 2.05) is 0 Å². The molecule has 1 N–H and O–H groups in total. The lowest BCUT2D eigenvalue weighted by atomic mass is 9.95. The van der Waals surface area contributed by atoms with Crippen LogP contribution in [0.4, 0.5) is 8.78 Å². The zero-order valence-corrected chi connectivity index (χ0v) is 15.7. The summed E-state index contributed by atoms with van der Waals surface area (Å²) in [7, 11) is 1.60. The third-order valence-corrected chi connectivity index (χ3v) is 5.37. The Hall–Kier alpha value is -3.66. The van der Waals surface area contributed by atoms with Gasteiger partial charge < -0.3 is 14.6 Å². The number of halogens is 2. The van der Waals surface area contributed by atoms with E-state index in [-0.39, 0.29) is 29.9 Å². The molecule has 1 aliphatic heterocycles. The molecule has 10 heteroatoms. The second kappa shape index (κ2) is 6.70. The number of likely N-dealkylation sites (N-methyl/N-ethyl adjacent to an activating group) is 1. The average Bonchev–Trinajstić information content (AvgIpc) is 3.21. The molecule has 0 radical (unpaired) electrons. The van der Waals surface area contributed by atoms with Gasteiger partial charge in [-0.15, -0.1) is 10.2 Å². The minimum Gasteiger partial charge on any atom is -0.373 e. The Bertz CT molecular complexity index is 1380. The molecule has 0 aliphatic carbocycles. The van der Waals surface area contributed by atoms with Crippen molar-refractivity contribution in [3.63, 3.8) is 0 Å². The van der Waals surface area contributed by atoms with E-state index in [1.54, 1.807) is 29.8 Å². The van der Waals surface area contributed by atoms with E-state index in [1.165, 1.54) is 11.2 Å². The van der Waals surface area contributed by atoms with Crippen LogP contribution in [-0.2, 0) is 11.3 Å². The Morgan fingerprint density at radius 3 is 2.83 bits per heavy atom. The van der Waals surface area contributed by atoms with Crippen LogP contribution in [0.2, 0.25) is 0 Å². The van der Waals surface area contributed by atoms with Crippen LogP contribution in [0.15, 0.2) is 41.6 Å². The number of hydrogen-bond acceptors (Lipinski definition) is 5. The van der Waals surface area contributed by atoms with E-state index >= 15 is 0 Å². The van der Waals surface area contributed by atoms with Crippen molar-refractivity contribution >= 4 is 22.3 Å². The highest BCUT2D eigenvalue weighted by molar-refractivity contribution is 5.95. The van der Waals surface area contributed by atoms with Crippen molar-refractivity contribution in [2.45, 2.75) is 12.6 Å². The van der Waals surface area contributed by atoms with Crippen molar-refractivity contribution in [1.82, 2.24) is 24.5 Å². The normalized spacial score (nSPS) is 16.0. The molecule has 8 nitrogen and oxygen atoms in total. The minimum absolute atomic E-state index is 0.0197. The van der Waals surface area contributed by atoms with Gasteiger partial charge in [0.2, 0.25) is 0 Å². The third kappa shape index (κ3) is 2.76. The first-order chi connectivity index (χ1) is 14.4. The molecule has 0 saturated heterocycles. The van der Waals surface area contributed by atoms with Gasteiger partial charge in [-0.1, -0.05) is 0 Å². The number of ether oxygens (including phenoxy) is 1. The number of H-pyrrole nitrogens is 1. The van der Waals surface area contributed by atoms with Gasteiger partial charge in [0.25, 0.3) is 11.5 Å². The zero-order chi connectivity index (χ0) is 21.0. The number of pyridine rings is 2. The molecule has 0 bridgehead atoms. The summed E-state index contributed by atoms with van der Waals surface area (Å²) in [5.74, 6) is -2.48. The van der Waals surface area contributed by atoms with Crippen LogP contribution in [0.25, 0.3) is 16.4 Å². The highest BCUT2D eigenvalue weighted by Gasteiger charge is 2.31. The molecular formula is C20H15F2N5O3. The summed E-state index contributed by atoms with van der Waals surface area (Å²) in [5.41, 5.74) is 1.42. The van der Waals surface area contributed by atoms with E-state index in [9.17, 15) is 18.4 Å². The number of aromatic amines is 1. The number of fused-ring (bicyclic) bond motifs is 4. The van der Waals surface area contributed by atoms with Crippen molar-refractivity contribution in [3.05, 3.63) is 75.6 Å². The number of carbonyl (C=O) groups is 1. The molecule has 1 atom stereocenters. The Morgan fingerprint density at radius 1 is 1.27 bits per heavy atom. The van der Waals surface area contributed by atoms with Crippen molar-refractivity contribution in [2.75, 3.05) is 13.7 Å². The molecule has 0 spiro atoms. The number of benzene rings is 1. The van der Waals surface area contributed by atoms with Gasteiger partial charge in [-0.3, -0.25) is 14.0 Å². The molecule has 0 fully saturated rings. The fourth-order valence-electron chi connectivity index (χ4n) is 3.85. The number of hydrogen-bond donors (Lipinski definition) is 1.